The fourth-order valence-corrected chi connectivity index (χ4v) is 5.88. The Hall–Kier alpha value is -2.64. The van der Waals surface area contributed by atoms with Crippen molar-refractivity contribution in [3.05, 3.63) is 77.9 Å². The first-order chi connectivity index (χ1) is 17.4. The highest BCUT2D eigenvalue weighted by molar-refractivity contribution is 9.09. The van der Waals surface area contributed by atoms with E-state index in [2.05, 4.69) is 15.9 Å². The van der Waals surface area contributed by atoms with Gasteiger partial charge in [0.05, 0.1) is 19.1 Å². The normalized spacial score (nSPS) is 11.6. The lowest BCUT2D eigenvalue weighted by molar-refractivity contribution is 0.104. The standard InChI is InChI=1S/C25H21BrO8S3.ClH/c1-36(28,29)33-19-9-5-17(6-10-19)25-23(24(27)16-3-7-18(8-4-16)32-14-13-26)21-12-11-20(15-22(21)35-25)34-37(2,30)31;/h3-12,15H,13-14H2,1-2H3;1H. The van der Waals surface area contributed by atoms with Crippen LogP contribution in [0.25, 0.3) is 20.5 Å². The molecule has 3 aromatic carbocycles. The molecular formula is C25H22BrClO8S3. The highest BCUT2D eigenvalue weighted by atomic mass is 79.9. The molecule has 0 N–H and O–H groups in total. The van der Waals surface area contributed by atoms with Crippen LogP contribution in [0.3, 0.4) is 0 Å². The van der Waals surface area contributed by atoms with Gasteiger partial charge in [0.2, 0.25) is 0 Å². The molecule has 13 heteroatoms. The monoisotopic (exact) mass is 660 g/mol. The van der Waals surface area contributed by atoms with Crippen molar-refractivity contribution < 1.29 is 34.7 Å². The van der Waals surface area contributed by atoms with Crippen molar-refractivity contribution >= 4 is 75.8 Å². The van der Waals surface area contributed by atoms with Gasteiger partial charge in [-0.3, -0.25) is 4.79 Å². The van der Waals surface area contributed by atoms with Crippen molar-refractivity contribution in [3.63, 3.8) is 0 Å². The summed E-state index contributed by atoms with van der Waals surface area (Å²) >= 11 is 4.59. The van der Waals surface area contributed by atoms with Gasteiger partial charge in [0, 0.05) is 31.4 Å². The van der Waals surface area contributed by atoms with Gasteiger partial charge in [0.15, 0.2) is 5.78 Å². The van der Waals surface area contributed by atoms with Gasteiger partial charge in [0.25, 0.3) is 0 Å². The summed E-state index contributed by atoms with van der Waals surface area (Å²) < 4.78 is 62.3. The molecule has 38 heavy (non-hydrogen) atoms. The molecule has 4 aromatic rings. The van der Waals surface area contributed by atoms with E-state index in [1.807, 2.05) is 0 Å². The third kappa shape index (κ3) is 7.48. The van der Waals surface area contributed by atoms with Gasteiger partial charge < -0.3 is 13.1 Å². The molecule has 0 unspecified atom stereocenters. The van der Waals surface area contributed by atoms with Crippen molar-refractivity contribution in [3.8, 4) is 27.7 Å². The van der Waals surface area contributed by atoms with E-state index in [0.29, 0.717) is 49.3 Å². The van der Waals surface area contributed by atoms with Gasteiger partial charge >= 0.3 is 20.2 Å². The van der Waals surface area contributed by atoms with E-state index >= 15 is 0 Å². The number of thiophene rings is 1. The van der Waals surface area contributed by atoms with Gasteiger partial charge in [-0.1, -0.05) is 15.9 Å². The molecular weight excluding hydrogens is 640 g/mol. The maximum Gasteiger partial charge on any atom is 0.306 e. The summed E-state index contributed by atoms with van der Waals surface area (Å²) in [5.74, 6) is 0.673. The average molecular weight is 662 g/mol. The van der Waals surface area contributed by atoms with E-state index in [9.17, 15) is 21.6 Å². The molecule has 1 heterocycles. The minimum atomic E-state index is -3.73. The lowest BCUT2D eigenvalue weighted by Gasteiger charge is -2.08. The number of alkyl halides is 1. The highest BCUT2D eigenvalue weighted by Crippen LogP contribution is 2.42. The van der Waals surface area contributed by atoms with Crippen LogP contribution in [0, 0.1) is 0 Å². The number of carbonyl (C=O) groups excluding carboxylic acids is 1. The maximum atomic E-state index is 13.7. The number of hydrogen-bond acceptors (Lipinski definition) is 9. The first-order valence-electron chi connectivity index (χ1n) is 10.7. The lowest BCUT2D eigenvalue weighted by Crippen LogP contribution is -2.06. The highest BCUT2D eigenvalue weighted by Gasteiger charge is 2.23. The number of fused-ring (bicyclic) bond motifs is 1. The topological polar surface area (TPSA) is 113 Å². The van der Waals surface area contributed by atoms with Crippen LogP contribution in [0.2, 0.25) is 0 Å². The molecule has 0 spiro atoms. The first-order valence-corrected chi connectivity index (χ1v) is 16.3. The largest absolute Gasteiger partial charge is 0.493 e. The molecule has 0 fully saturated rings. The second kappa shape index (κ2) is 12.0. The van der Waals surface area contributed by atoms with E-state index < -0.39 is 20.2 Å². The van der Waals surface area contributed by atoms with Crippen molar-refractivity contribution in [2.45, 2.75) is 0 Å². The third-order valence-electron chi connectivity index (χ3n) is 4.96. The van der Waals surface area contributed by atoms with Gasteiger partial charge in [-0.15, -0.1) is 23.7 Å². The maximum absolute atomic E-state index is 13.7. The smallest absolute Gasteiger partial charge is 0.306 e. The molecule has 0 aliphatic heterocycles. The number of rotatable bonds is 10. The summed E-state index contributed by atoms with van der Waals surface area (Å²) in [4.78, 5) is 14.4. The predicted octanol–water partition coefficient (Wildman–Crippen LogP) is 5.67. The van der Waals surface area contributed by atoms with Crippen LogP contribution in [0.15, 0.2) is 66.7 Å². The van der Waals surface area contributed by atoms with Gasteiger partial charge in [-0.05, 0) is 72.3 Å². The SMILES string of the molecule is CS(=O)(=O)Oc1ccc(-c2sc3cc(OS(C)(=O)=O)ccc3c2C(=O)c2ccc(OCCBr)cc2)cc1.Cl. The Morgan fingerprint density at radius 3 is 1.95 bits per heavy atom. The molecule has 0 amide bonds. The van der Waals surface area contributed by atoms with Gasteiger partial charge in [-0.25, -0.2) is 0 Å². The minimum Gasteiger partial charge on any atom is -0.493 e. The second-order valence-electron chi connectivity index (χ2n) is 7.95. The van der Waals surface area contributed by atoms with Crippen LogP contribution in [0.4, 0.5) is 0 Å². The quantitative estimate of drug-likeness (QED) is 0.121. The molecule has 0 bridgehead atoms. The average Bonchev–Trinajstić information content (AvgIpc) is 3.19. The molecule has 0 atom stereocenters. The van der Waals surface area contributed by atoms with E-state index in [4.69, 9.17) is 13.1 Å². The molecule has 0 aliphatic carbocycles. The van der Waals surface area contributed by atoms with Crippen LogP contribution in [-0.4, -0.2) is 47.1 Å². The summed E-state index contributed by atoms with van der Waals surface area (Å²) in [6, 6.07) is 17.9. The van der Waals surface area contributed by atoms with Crippen molar-refractivity contribution in [1.82, 2.24) is 0 Å². The predicted molar refractivity (Wildman–Crippen MR) is 155 cm³/mol. The van der Waals surface area contributed by atoms with E-state index in [1.165, 1.54) is 29.5 Å². The molecule has 202 valence electrons. The Morgan fingerprint density at radius 1 is 0.816 bits per heavy atom. The lowest BCUT2D eigenvalue weighted by atomic mass is 9.97. The summed E-state index contributed by atoms with van der Waals surface area (Å²) in [7, 11) is -7.42. The third-order valence-corrected chi connectivity index (χ3v) is 7.48. The fourth-order valence-electron chi connectivity index (χ4n) is 3.57. The zero-order valence-electron chi connectivity index (χ0n) is 20.0. The number of halogens is 2. The molecule has 8 nitrogen and oxygen atoms in total. The first kappa shape index (κ1) is 29.9. The zero-order chi connectivity index (χ0) is 26.8. The number of benzene rings is 3. The second-order valence-corrected chi connectivity index (χ2v) is 12.9. The van der Waals surface area contributed by atoms with E-state index in [0.717, 1.165) is 12.5 Å². The number of hydrogen-bond donors (Lipinski definition) is 0. The molecule has 0 saturated heterocycles. The molecule has 0 saturated carbocycles. The summed E-state index contributed by atoms with van der Waals surface area (Å²) in [5, 5.41) is 1.30. The number of carbonyl (C=O) groups is 1. The van der Waals surface area contributed by atoms with Crippen molar-refractivity contribution in [1.29, 1.82) is 0 Å². The van der Waals surface area contributed by atoms with Crippen molar-refractivity contribution in [2.75, 3.05) is 24.4 Å². The van der Waals surface area contributed by atoms with Crippen molar-refractivity contribution in [2.24, 2.45) is 0 Å². The Labute approximate surface area is 239 Å². The Balaban J connectivity index is 0.00000400. The number of ether oxygens (including phenoxy) is 1. The van der Waals surface area contributed by atoms with Crippen LogP contribution in [0.5, 0.6) is 17.2 Å². The molecule has 1 aromatic heterocycles. The Morgan fingerprint density at radius 2 is 1.37 bits per heavy atom. The van der Waals surface area contributed by atoms with Crippen LogP contribution in [-0.2, 0) is 20.2 Å². The van der Waals surface area contributed by atoms with E-state index in [1.54, 1.807) is 48.5 Å². The van der Waals surface area contributed by atoms with Crippen LogP contribution >= 0.6 is 39.7 Å². The minimum absolute atomic E-state index is 0. The summed E-state index contributed by atoms with van der Waals surface area (Å²) in [6.45, 7) is 0.490. The summed E-state index contributed by atoms with van der Waals surface area (Å²) in [6.07, 6.45) is 1.91. The van der Waals surface area contributed by atoms with Crippen LogP contribution in [0.1, 0.15) is 15.9 Å². The molecule has 0 radical (unpaired) electrons. The Bertz CT molecular complexity index is 1660. The summed E-state index contributed by atoms with van der Waals surface area (Å²) in [5.41, 5.74) is 1.53. The molecule has 0 aliphatic rings. The van der Waals surface area contributed by atoms with E-state index in [-0.39, 0.29) is 29.7 Å². The van der Waals surface area contributed by atoms with Gasteiger partial charge in [-0.2, -0.15) is 16.8 Å². The fraction of sp³-hybridized carbons (Fsp3) is 0.160. The van der Waals surface area contributed by atoms with Gasteiger partial charge in [0.1, 0.15) is 17.2 Å². The number of ketones is 1. The molecule has 4 rings (SSSR count). The van der Waals surface area contributed by atoms with Crippen LogP contribution < -0.4 is 13.1 Å². The Kier molecular flexibility index (Phi) is 9.48. The zero-order valence-corrected chi connectivity index (χ0v) is 24.9.